The van der Waals surface area contributed by atoms with Gasteiger partial charge in [0.15, 0.2) is 0 Å². The van der Waals surface area contributed by atoms with Crippen molar-refractivity contribution < 1.29 is 13.2 Å². The summed E-state index contributed by atoms with van der Waals surface area (Å²) in [6.07, 6.45) is -4.14. The van der Waals surface area contributed by atoms with E-state index in [9.17, 15) is 13.2 Å². The first-order valence-corrected chi connectivity index (χ1v) is 6.04. The maximum atomic E-state index is 12.3. The Morgan fingerprint density at radius 2 is 1.83 bits per heavy atom. The molecule has 0 aliphatic rings. The minimum atomic E-state index is -4.14. The van der Waals surface area contributed by atoms with E-state index in [4.69, 9.17) is 0 Å². The second kappa shape index (κ2) is 5.74. The van der Waals surface area contributed by atoms with E-state index in [1.165, 1.54) is 11.9 Å². The molecule has 18 heavy (non-hydrogen) atoms. The summed E-state index contributed by atoms with van der Waals surface area (Å²) in [7, 11) is 1.50. The number of hydrogen-bond acceptors (Lipinski definition) is 1. The highest BCUT2D eigenvalue weighted by atomic mass is 19.4. The summed E-state index contributed by atoms with van der Waals surface area (Å²) >= 11 is 0. The standard InChI is InChI=1S/C14H20F3N/c1-10(2)12-6-5-11(3)13(7-12)8-18(4)9-14(15,16)17/h5-7,10H,8-9H2,1-4H3. The van der Waals surface area contributed by atoms with Gasteiger partial charge in [0.2, 0.25) is 0 Å². The molecule has 0 unspecified atom stereocenters. The molecule has 0 aliphatic heterocycles. The second-order valence-corrected chi connectivity index (χ2v) is 5.13. The van der Waals surface area contributed by atoms with Crippen LogP contribution in [0.1, 0.15) is 36.5 Å². The fourth-order valence-corrected chi connectivity index (χ4v) is 1.87. The second-order valence-electron chi connectivity index (χ2n) is 5.13. The number of alkyl halides is 3. The quantitative estimate of drug-likeness (QED) is 0.786. The van der Waals surface area contributed by atoms with Crippen molar-refractivity contribution in [3.63, 3.8) is 0 Å². The van der Waals surface area contributed by atoms with Crippen LogP contribution in [0.4, 0.5) is 13.2 Å². The van der Waals surface area contributed by atoms with Crippen LogP contribution in [-0.2, 0) is 6.54 Å². The van der Waals surface area contributed by atoms with Crippen molar-refractivity contribution in [1.29, 1.82) is 0 Å². The molecule has 4 heteroatoms. The van der Waals surface area contributed by atoms with Gasteiger partial charge in [-0.25, -0.2) is 0 Å². The first kappa shape index (κ1) is 15.0. The number of aryl methyl sites for hydroxylation is 1. The molecule has 0 bridgehead atoms. The number of nitrogens with zero attached hydrogens (tertiary/aromatic N) is 1. The summed E-state index contributed by atoms with van der Waals surface area (Å²) in [5, 5.41) is 0. The van der Waals surface area contributed by atoms with Crippen LogP contribution in [0.15, 0.2) is 18.2 Å². The molecule has 0 radical (unpaired) electrons. The molecule has 0 amide bonds. The normalized spacial score (nSPS) is 12.5. The van der Waals surface area contributed by atoms with Crippen molar-refractivity contribution in [3.8, 4) is 0 Å². The molecular weight excluding hydrogens is 239 g/mol. The molecule has 0 atom stereocenters. The van der Waals surface area contributed by atoms with Gasteiger partial charge in [-0.2, -0.15) is 13.2 Å². The topological polar surface area (TPSA) is 3.24 Å². The summed E-state index contributed by atoms with van der Waals surface area (Å²) in [4.78, 5) is 1.30. The van der Waals surface area contributed by atoms with Gasteiger partial charge in [0.25, 0.3) is 0 Å². The van der Waals surface area contributed by atoms with Crippen LogP contribution in [-0.4, -0.2) is 24.7 Å². The zero-order valence-corrected chi connectivity index (χ0v) is 11.3. The lowest BCUT2D eigenvalue weighted by Gasteiger charge is -2.20. The number of rotatable bonds is 4. The first-order chi connectivity index (χ1) is 8.19. The Morgan fingerprint density at radius 3 is 2.33 bits per heavy atom. The van der Waals surface area contributed by atoms with Crippen molar-refractivity contribution in [1.82, 2.24) is 4.90 Å². The monoisotopic (exact) mass is 259 g/mol. The van der Waals surface area contributed by atoms with Crippen LogP contribution < -0.4 is 0 Å². The molecule has 0 aromatic heterocycles. The van der Waals surface area contributed by atoms with Gasteiger partial charge in [-0.3, -0.25) is 4.90 Å². The van der Waals surface area contributed by atoms with Crippen LogP contribution in [0.3, 0.4) is 0 Å². The van der Waals surface area contributed by atoms with E-state index in [2.05, 4.69) is 13.8 Å². The van der Waals surface area contributed by atoms with Crippen molar-refractivity contribution in [2.75, 3.05) is 13.6 Å². The summed E-state index contributed by atoms with van der Waals surface area (Å²) in [6, 6.07) is 6.02. The third-order valence-corrected chi connectivity index (χ3v) is 2.93. The molecular formula is C14H20F3N. The van der Waals surface area contributed by atoms with Crippen LogP contribution in [0, 0.1) is 6.92 Å². The highest BCUT2D eigenvalue weighted by Gasteiger charge is 2.29. The van der Waals surface area contributed by atoms with Crippen LogP contribution in [0.2, 0.25) is 0 Å². The van der Waals surface area contributed by atoms with Crippen molar-refractivity contribution in [2.24, 2.45) is 0 Å². The van der Waals surface area contributed by atoms with E-state index < -0.39 is 12.7 Å². The molecule has 0 spiro atoms. The average molecular weight is 259 g/mol. The molecule has 0 saturated carbocycles. The lowest BCUT2D eigenvalue weighted by atomic mass is 9.97. The highest BCUT2D eigenvalue weighted by molar-refractivity contribution is 5.32. The molecule has 0 aliphatic carbocycles. The van der Waals surface area contributed by atoms with Crippen molar-refractivity contribution in [3.05, 3.63) is 34.9 Å². The van der Waals surface area contributed by atoms with Gasteiger partial charge in [-0.05, 0) is 36.6 Å². The molecule has 1 aromatic carbocycles. The summed E-state index contributed by atoms with van der Waals surface area (Å²) < 4.78 is 36.8. The van der Waals surface area contributed by atoms with Crippen molar-refractivity contribution >= 4 is 0 Å². The molecule has 1 aromatic rings. The SMILES string of the molecule is Cc1ccc(C(C)C)cc1CN(C)CC(F)(F)F. The van der Waals surface area contributed by atoms with Gasteiger partial charge >= 0.3 is 6.18 Å². The van der Waals surface area contributed by atoms with E-state index in [1.54, 1.807) is 0 Å². The van der Waals surface area contributed by atoms with E-state index in [1.807, 2.05) is 25.1 Å². The minimum Gasteiger partial charge on any atom is -0.294 e. The minimum absolute atomic E-state index is 0.325. The van der Waals surface area contributed by atoms with Gasteiger partial charge < -0.3 is 0 Å². The predicted octanol–water partition coefficient (Wildman–Crippen LogP) is 4.11. The Kier molecular flexibility index (Phi) is 4.79. The Hall–Kier alpha value is -1.03. The third-order valence-electron chi connectivity index (χ3n) is 2.93. The van der Waals surface area contributed by atoms with Crippen LogP contribution >= 0.6 is 0 Å². The lowest BCUT2D eigenvalue weighted by molar-refractivity contribution is -0.144. The van der Waals surface area contributed by atoms with Crippen LogP contribution in [0.5, 0.6) is 0 Å². The summed E-state index contributed by atoms with van der Waals surface area (Å²) in [5.41, 5.74) is 3.16. The predicted molar refractivity (Wildman–Crippen MR) is 67.7 cm³/mol. The van der Waals surface area contributed by atoms with Gasteiger partial charge in [0.05, 0.1) is 6.54 Å². The number of halogens is 3. The maximum Gasteiger partial charge on any atom is 0.401 e. The molecule has 1 rings (SSSR count). The molecule has 1 nitrogen and oxygen atoms in total. The fourth-order valence-electron chi connectivity index (χ4n) is 1.87. The average Bonchev–Trinajstić information content (AvgIpc) is 2.18. The van der Waals surface area contributed by atoms with E-state index in [0.29, 0.717) is 12.5 Å². The van der Waals surface area contributed by atoms with Gasteiger partial charge in [0, 0.05) is 6.54 Å². The Balaban J connectivity index is 2.80. The van der Waals surface area contributed by atoms with Crippen molar-refractivity contribution in [2.45, 2.75) is 39.4 Å². The smallest absolute Gasteiger partial charge is 0.294 e. The Morgan fingerprint density at radius 1 is 1.22 bits per heavy atom. The third kappa shape index (κ3) is 4.69. The molecule has 0 saturated heterocycles. The first-order valence-electron chi connectivity index (χ1n) is 6.04. The van der Waals surface area contributed by atoms with Crippen LogP contribution in [0.25, 0.3) is 0 Å². The fraction of sp³-hybridized carbons (Fsp3) is 0.571. The molecule has 0 heterocycles. The highest BCUT2D eigenvalue weighted by Crippen LogP contribution is 2.21. The Bertz CT molecular complexity index is 397. The lowest BCUT2D eigenvalue weighted by Crippen LogP contribution is -2.30. The zero-order chi connectivity index (χ0) is 13.9. The summed E-state index contributed by atoms with van der Waals surface area (Å²) in [5.74, 6) is 0.386. The molecule has 0 N–H and O–H groups in total. The largest absolute Gasteiger partial charge is 0.401 e. The van der Waals surface area contributed by atoms with E-state index >= 15 is 0 Å². The van der Waals surface area contributed by atoms with Gasteiger partial charge in [-0.1, -0.05) is 32.0 Å². The maximum absolute atomic E-state index is 12.3. The van der Waals surface area contributed by atoms with Gasteiger partial charge in [-0.15, -0.1) is 0 Å². The number of benzene rings is 1. The summed E-state index contributed by atoms with van der Waals surface area (Å²) in [6.45, 7) is 5.53. The number of hydrogen-bond donors (Lipinski definition) is 0. The zero-order valence-electron chi connectivity index (χ0n) is 11.3. The van der Waals surface area contributed by atoms with Gasteiger partial charge in [0.1, 0.15) is 0 Å². The van der Waals surface area contributed by atoms with E-state index in [-0.39, 0.29) is 0 Å². The Labute approximate surface area is 107 Å². The molecule has 0 fully saturated rings. The molecule has 102 valence electrons. The van der Waals surface area contributed by atoms with E-state index in [0.717, 1.165) is 16.7 Å².